The number of hydrogen-bond donors (Lipinski definition) is 1. The minimum absolute atomic E-state index is 0.0136. The molecule has 3 heterocycles. The Kier molecular flexibility index (Phi) is 5.91. The number of thioether (sulfide) groups is 1. The molecule has 1 aromatic heterocycles. The average Bonchev–Trinajstić information content (AvgIpc) is 3.49. The number of imide groups is 1. The average molecular weight is 507 g/mol. The molecule has 176 valence electrons. The van der Waals surface area contributed by atoms with Crippen LogP contribution in [0.15, 0.2) is 47.5 Å². The van der Waals surface area contributed by atoms with Crippen molar-refractivity contribution in [3.8, 4) is 0 Å². The molecule has 0 spiro atoms. The third-order valence-corrected chi connectivity index (χ3v) is 7.00. The Morgan fingerprint density at radius 1 is 1.21 bits per heavy atom. The van der Waals surface area contributed by atoms with Gasteiger partial charge in [-0.05, 0) is 66.2 Å². The van der Waals surface area contributed by atoms with Crippen molar-refractivity contribution >= 4 is 51.5 Å². The van der Waals surface area contributed by atoms with Crippen LogP contribution in [0.25, 0.3) is 17.0 Å². The number of fused-ring (bicyclic) bond motifs is 1. The molecule has 1 atom stereocenters. The van der Waals surface area contributed by atoms with Gasteiger partial charge in [-0.25, -0.2) is 0 Å². The molecule has 2 aliphatic rings. The number of hydrogen-bond acceptors (Lipinski definition) is 5. The molecule has 3 aromatic rings. The van der Waals surface area contributed by atoms with Gasteiger partial charge in [0.2, 0.25) is 0 Å². The topological polar surface area (TPSA) is 67.2 Å². The minimum Gasteiger partial charge on any atom is -0.315 e. The molecule has 0 radical (unpaired) electrons. The molecule has 0 bridgehead atoms. The lowest BCUT2D eigenvalue weighted by atomic mass is 10.1. The molecule has 0 unspecified atom stereocenters. The zero-order valence-electron chi connectivity index (χ0n) is 17.6. The molecule has 5 rings (SSSR count). The van der Waals surface area contributed by atoms with Crippen molar-refractivity contribution in [2.75, 3.05) is 13.1 Å². The van der Waals surface area contributed by atoms with Crippen molar-refractivity contribution in [1.82, 2.24) is 20.0 Å². The Morgan fingerprint density at radius 3 is 2.76 bits per heavy atom. The minimum atomic E-state index is -4.53. The van der Waals surface area contributed by atoms with E-state index in [2.05, 4.69) is 10.4 Å². The summed E-state index contributed by atoms with van der Waals surface area (Å²) in [6, 6.07) is 8.83. The van der Waals surface area contributed by atoms with Crippen molar-refractivity contribution in [3.05, 3.63) is 69.2 Å². The summed E-state index contributed by atoms with van der Waals surface area (Å²) in [5.74, 6) is -0.304. The number of alkyl halides is 3. The number of halogens is 4. The highest BCUT2D eigenvalue weighted by Crippen LogP contribution is 2.36. The molecule has 0 aliphatic carbocycles. The molecule has 6 nitrogen and oxygen atoms in total. The van der Waals surface area contributed by atoms with Gasteiger partial charge in [0, 0.05) is 17.0 Å². The lowest BCUT2D eigenvalue weighted by Crippen LogP contribution is -2.39. The van der Waals surface area contributed by atoms with Crippen molar-refractivity contribution in [2.24, 2.45) is 0 Å². The Morgan fingerprint density at radius 2 is 2.03 bits per heavy atom. The van der Waals surface area contributed by atoms with Crippen molar-refractivity contribution < 1.29 is 22.8 Å². The first kappa shape index (κ1) is 22.9. The van der Waals surface area contributed by atoms with Gasteiger partial charge in [0.05, 0.1) is 34.8 Å². The lowest BCUT2D eigenvalue weighted by Gasteiger charge is -2.19. The first-order valence-corrected chi connectivity index (χ1v) is 11.7. The quantitative estimate of drug-likeness (QED) is 0.495. The molecule has 2 saturated heterocycles. The van der Waals surface area contributed by atoms with Gasteiger partial charge in [0.1, 0.15) is 0 Å². The van der Waals surface area contributed by atoms with Crippen LogP contribution in [-0.2, 0) is 17.5 Å². The Balaban J connectivity index is 1.41. The highest BCUT2D eigenvalue weighted by molar-refractivity contribution is 8.18. The van der Waals surface area contributed by atoms with Gasteiger partial charge >= 0.3 is 6.18 Å². The fourth-order valence-electron chi connectivity index (χ4n) is 4.24. The Labute approximate surface area is 201 Å². The predicted octanol–water partition coefficient (Wildman–Crippen LogP) is 5.16. The largest absolute Gasteiger partial charge is 0.416 e. The van der Waals surface area contributed by atoms with Crippen LogP contribution in [-0.4, -0.2) is 45.0 Å². The number of aromatic nitrogens is 2. The van der Waals surface area contributed by atoms with Gasteiger partial charge in [-0.2, -0.15) is 18.3 Å². The SMILES string of the molecule is O=C1S/C(=C\c2ccc3c(cnn3Cc3ccc(Cl)cc3C(F)(F)F)c2)C(=O)N1[C@@H]1CCNC1. The molecule has 34 heavy (non-hydrogen) atoms. The van der Waals surface area contributed by atoms with Crippen LogP contribution in [0.1, 0.15) is 23.1 Å². The normalized spacial score (nSPS) is 20.3. The van der Waals surface area contributed by atoms with Crippen molar-refractivity contribution in [2.45, 2.75) is 25.2 Å². The molecule has 2 aromatic carbocycles. The summed E-state index contributed by atoms with van der Waals surface area (Å²) in [7, 11) is 0. The monoisotopic (exact) mass is 506 g/mol. The summed E-state index contributed by atoms with van der Waals surface area (Å²) in [6.45, 7) is 1.29. The van der Waals surface area contributed by atoms with E-state index < -0.39 is 11.7 Å². The van der Waals surface area contributed by atoms with E-state index >= 15 is 0 Å². The fourth-order valence-corrected chi connectivity index (χ4v) is 5.31. The number of nitrogens with zero attached hydrogens (tertiary/aromatic N) is 3. The second-order valence-corrected chi connectivity index (χ2v) is 9.55. The number of rotatable bonds is 4. The molecule has 0 saturated carbocycles. The van der Waals surface area contributed by atoms with Crippen LogP contribution in [0.4, 0.5) is 18.0 Å². The third-order valence-electron chi connectivity index (χ3n) is 5.88. The van der Waals surface area contributed by atoms with Crippen LogP contribution < -0.4 is 5.32 Å². The standard InChI is InChI=1S/C23H18ClF3N4O2S/c24-16-3-2-14(18(9-16)23(25,26)27)12-30-19-4-1-13(7-15(19)10-29-30)8-20-21(32)31(22(33)34-20)17-5-6-28-11-17/h1-4,7-10,17,28H,5-6,11-12H2/b20-8-/t17-/m1/s1. The summed E-state index contributed by atoms with van der Waals surface area (Å²) in [6.07, 6.45) is -0.579. The molecule has 2 aliphatic heterocycles. The van der Waals surface area contributed by atoms with Crippen molar-refractivity contribution in [1.29, 1.82) is 0 Å². The zero-order chi connectivity index (χ0) is 24.0. The summed E-state index contributed by atoms with van der Waals surface area (Å²) >= 11 is 6.68. The van der Waals surface area contributed by atoms with Gasteiger partial charge in [0.15, 0.2) is 0 Å². The van der Waals surface area contributed by atoms with E-state index in [-0.39, 0.29) is 34.3 Å². The van der Waals surface area contributed by atoms with Gasteiger partial charge in [-0.3, -0.25) is 19.2 Å². The first-order chi connectivity index (χ1) is 16.2. The summed E-state index contributed by atoms with van der Waals surface area (Å²) in [4.78, 5) is 26.8. The smallest absolute Gasteiger partial charge is 0.315 e. The van der Waals surface area contributed by atoms with E-state index in [0.717, 1.165) is 30.8 Å². The number of benzene rings is 2. The fraction of sp³-hybridized carbons (Fsp3) is 0.261. The maximum Gasteiger partial charge on any atom is 0.416 e. The van der Waals surface area contributed by atoms with E-state index in [1.807, 2.05) is 0 Å². The molecule has 2 amide bonds. The van der Waals surface area contributed by atoms with Gasteiger partial charge < -0.3 is 5.32 Å². The highest BCUT2D eigenvalue weighted by atomic mass is 35.5. The van der Waals surface area contributed by atoms with Crippen LogP contribution in [0.2, 0.25) is 5.02 Å². The first-order valence-electron chi connectivity index (χ1n) is 10.5. The van der Waals surface area contributed by atoms with Crippen LogP contribution in [0.3, 0.4) is 0 Å². The Hall–Kier alpha value is -2.82. The lowest BCUT2D eigenvalue weighted by molar-refractivity contribution is -0.138. The molecule has 1 N–H and O–H groups in total. The van der Waals surface area contributed by atoms with E-state index in [9.17, 15) is 22.8 Å². The highest BCUT2D eigenvalue weighted by Gasteiger charge is 2.40. The van der Waals surface area contributed by atoms with E-state index in [1.165, 1.54) is 21.7 Å². The van der Waals surface area contributed by atoms with Crippen LogP contribution in [0.5, 0.6) is 0 Å². The van der Waals surface area contributed by atoms with E-state index in [0.29, 0.717) is 27.9 Å². The summed E-state index contributed by atoms with van der Waals surface area (Å²) in [5, 5.41) is 7.85. The van der Waals surface area contributed by atoms with Crippen molar-refractivity contribution in [3.63, 3.8) is 0 Å². The van der Waals surface area contributed by atoms with Gasteiger partial charge in [-0.15, -0.1) is 0 Å². The van der Waals surface area contributed by atoms with E-state index in [1.54, 1.807) is 30.5 Å². The number of carbonyl (C=O) groups is 2. The van der Waals surface area contributed by atoms with E-state index in [4.69, 9.17) is 11.6 Å². The maximum absolute atomic E-state index is 13.4. The second kappa shape index (κ2) is 8.75. The predicted molar refractivity (Wildman–Crippen MR) is 124 cm³/mol. The Bertz CT molecular complexity index is 1330. The third kappa shape index (κ3) is 4.33. The number of amides is 2. The number of carbonyl (C=O) groups excluding carboxylic acids is 2. The molecular weight excluding hydrogens is 489 g/mol. The maximum atomic E-state index is 13.4. The summed E-state index contributed by atoms with van der Waals surface area (Å²) < 4.78 is 41.8. The molecule has 2 fully saturated rings. The summed E-state index contributed by atoms with van der Waals surface area (Å²) in [5.41, 5.74) is 0.601. The number of nitrogens with one attached hydrogen (secondary N) is 1. The molecule has 11 heteroatoms. The second-order valence-electron chi connectivity index (χ2n) is 8.12. The van der Waals surface area contributed by atoms with Crippen LogP contribution in [0, 0.1) is 0 Å². The van der Waals surface area contributed by atoms with Crippen LogP contribution >= 0.6 is 23.4 Å². The van der Waals surface area contributed by atoms with Gasteiger partial charge in [0.25, 0.3) is 11.1 Å². The zero-order valence-corrected chi connectivity index (χ0v) is 19.2. The van der Waals surface area contributed by atoms with Gasteiger partial charge in [-0.1, -0.05) is 23.7 Å². The molecular formula is C23H18ClF3N4O2S.